The molecule has 0 radical (unpaired) electrons. The van der Waals surface area contributed by atoms with E-state index in [9.17, 15) is 0 Å². The van der Waals surface area contributed by atoms with Crippen LogP contribution in [0, 0.1) is 0 Å². The number of benzene rings is 1. The van der Waals surface area contributed by atoms with Gasteiger partial charge in [-0.2, -0.15) is 0 Å². The van der Waals surface area contributed by atoms with Crippen molar-refractivity contribution in [2.75, 3.05) is 12.1 Å². The fourth-order valence-electron chi connectivity index (χ4n) is 2.35. The number of ether oxygens (including phenoxy) is 2. The maximum Gasteiger partial charge on any atom is 0.231 e. The highest BCUT2D eigenvalue weighted by atomic mass is 32.1. The molecule has 3 nitrogen and oxygen atoms in total. The second-order valence-electron chi connectivity index (χ2n) is 4.68. The zero-order chi connectivity index (χ0) is 14.1. The second kappa shape index (κ2) is 5.42. The first-order valence-corrected chi connectivity index (χ1v) is 8.39. The minimum atomic E-state index is 0.172. The van der Waals surface area contributed by atoms with Crippen LogP contribution >= 0.6 is 22.7 Å². The number of anilines is 1. The largest absolute Gasteiger partial charge is 0.454 e. The first-order valence-electron chi connectivity index (χ1n) is 6.63. The summed E-state index contributed by atoms with van der Waals surface area (Å²) < 4.78 is 10.8. The van der Waals surface area contributed by atoms with Gasteiger partial charge in [-0.25, -0.2) is 0 Å². The maximum absolute atomic E-state index is 5.45. The van der Waals surface area contributed by atoms with E-state index in [4.69, 9.17) is 9.47 Å². The molecule has 106 valence electrons. The summed E-state index contributed by atoms with van der Waals surface area (Å²) in [5.41, 5.74) is 1.03. The Hall–Kier alpha value is -1.98. The molecule has 1 aliphatic heterocycles. The summed E-state index contributed by atoms with van der Waals surface area (Å²) in [5.74, 6) is 1.61. The van der Waals surface area contributed by atoms with Gasteiger partial charge in [0.1, 0.15) is 0 Å². The number of nitrogens with one attached hydrogen (secondary N) is 1. The van der Waals surface area contributed by atoms with E-state index in [1.807, 2.05) is 18.2 Å². The van der Waals surface area contributed by atoms with Gasteiger partial charge in [0.15, 0.2) is 11.5 Å². The lowest BCUT2D eigenvalue weighted by molar-refractivity contribution is 0.174. The van der Waals surface area contributed by atoms with Crippen LogP contribution in [0.1, 0.15) is 15.8 Å². The SMILES string of the molecule is c1csc(C(Nc2ccc3c(c2)OCO3)c2cccs2)c1. The van der Waals surface area contributed by atoms with Crippen LogP contribution in [0.4, 0.5) is 5.69 Å². The van der Waals surface area contributed by atoms with E-state index in [-0.39, 0.29) is 6.04 Å². The highest BCUT2D eigenvalue weighted by Gasteiger charge is 2.18. The van der Waals surface area contributed by atoms with Gasteiger partial charge in [-0.1, -0.05) is 12.1 Å². The number of hydrogen-bond acceptors (Lipinski definition) is 5. The Bertz CT molecular complexity index is 689. The van der Waals surface area contributed by atoms with Crippen molar-refractivity contribution in [1.82, 2.24) is 0 Å². The molecule has 5 heteroatoms. The molecule has 0 spiro atoms. The molecule has 0 aliphatic carbocycles. The fraction of sp³-hybridized carbons (Fsp3) is 0.125. The first kappa shape index (κ1) is 12.7. The third kappa shape index (κ3) is 2.50. The predicted octanol–water partition coefficient (Wildman–Crippen LogP) is 4.74. The van der Waals surface area contributed by atoms with Crippen LogP contribution in [0.5, 0.6) is 11.5 Å². The van der Waals surface area contributed by atoms with Gasteiger partial charge >= 0.3 is 0 Å². The molecule has 0 amide bonds. The van der Waals surface area contributed by atoms with Gasteiger partial charge in [0.05, 0.1) is 6.04 Å². The Morgan fingerprint density at radius 3 is 2.29 bits per heavy atom. The smallest absolute Gasteiger partial charge is 0.231 e. The molecular weight excluding hydrogens is 302 g/mol. The summed E-state index contributed by atoms with van der Waals surface area (Å²) in [6.07, 6.45) is 0. The Kier molecular flexibility index (Phi) is 3.29. The van der Waals surface area contributed by atoms with E-state index in [1.54, 1.807) is 22.7 Å². The van der Waals surface area contributed by atoms with Crippen LogP contribution in [-0.2, 0) is 0 Å². The fourth-order valence-corrected chi connectivity index (χ4v) is 4.01. The van der Waals surface area contributed by atoms with Crippen molar-refractivity contribution >= 4 is 28.4 Å². The Morgan fingerprint density at radius 1 is 0.905 bits per heavy atom. The zero-order valence-corrected chi connectivity index (χ0v) is 12.7. The van der Waals surface area contributed by atoms with E-state index < -0.39 is 0 Å². The van der Waals surface area contributed by atoms with Gasteiger partial charge in [0, 0.05) is 21.5 Å². The molecule has 0 fully saturated rings. The molecule has 1 N–H and O–H groups in total. The van der Waals surface area contributed by atoms with Gasteiger partial charge in [0.25, 0.3) is 0 Å². The van der Waals surface area contributed by atoms with Crippen molar-refractivity contribution < 1.29 is 9.47 Å². The summed E-state index contributed by atoms with van der Waals surface area (Å²) in [4.78, 5) is 2.60. The lowest BCUT2D eigenvalue weighted by Crippen LogP contribution is -2.09. The molecule has 0 bridgehead atoms. The van der Waals surface area contributed by atoms with Crippen molar-refractivity contribution in [3.8, 4) is 11.5 Å². The third-order valence-corrected chi connectivity index (χ3v) is 5.21. The zero-order valence-electron chi connectivity index (χ0n) is 11.1. The van der Waals surface area contributed by atoms with Gasteiger partial charge < -0.3 is 14.8 Å². The topological polar surface area (TPSA) is 30.5 Å². The summed E-state index contributed by atoms with van der Waals surface area (Å²) in [5, 5.41) is 7.82. The van der Waals surface area contributed by atoms with Crippen molar-refractivity contribution in [3.63, 3.8) is 0 Å². The average molecular weight is 315 g/mol. The van der Waals surface area contributed by atoms with Gasteiger partial charge in [0.2, 0.25) is 6.79 Å². The number of rotatable bonds is 4. The van der Waals surface area contributed by atoms with Crippen LogP contribution in [0.2, 0.25) is 0 Å². The molecule has 3 heterocycles. The van der Waals surface area contributed by atoms with Gasteiger partial charge in [-0.3, -0.25) is 0 Å². The molecule has 0 saturated heterocycles. The van der Waals surface area contributed by atoms with Crippen molar-refractivity contribution in [1.29, 1.82) is 0 Å². The highest BCUT2D eigenvalue weighted by molar-refractivity contribution is 7.11. The average Bonchev–Trinajstić information content (AvgIpc) is 3.24. The van der Waals surface area contributed by atoms with E-state index in [0.717, 1.165) is 17.2 Å². The molecular formula is C16H13NO2S2. The van der Waals surface area contributed by atoms with Crippen LogP contribution in [0.3, 0.4) is 0 Å². The number of fused-ring (bicyclic) bond motifs is 1. The summed E-state index contributed by atoms with van der Waals surface area (Å²) >= 11 is 3.52. The molecule has 0 unspecified atom stereocenters. The van der Waals surface area contributed by atoms with E-state index in [0.29, 0.717) is 6.79 Å². The van der Waals surface area contributed by atoms with E-state index in [1.165, 1.54) is 9.75 Å². The van der Waals surface area contributed by atoms with Crippen LogP contribution < -0.4 is 14.8 Å². The summed E-state index contributed by atoms with van der Waals surface area (Å²) in [7, 11) is 0. The highest BCUT2D eigenvalue weighted by Crippen LogP contribution is 2.37. The lowest BCUT2D eigenvalue weighted by atomic mass is 10.2. The Balaban J connectivity index is 1.66. The normalized spacial score (nSPS) is 12.8. The molecule has 4 rings (SSSR count). The number of hydrogen-bond donors (Lipinski definition) is 1. The minimum Gasteiger partial charge on any atom is -0.454 e. The summed E-state index contributed by atoms with van der Waals surface area (Å²) in [6.45, 7) is 0.304. The molecule has 0 atom stereocenters. The molecule has 3 aromatic rings. The van der Waals surface area contributed by atoms with Crippen LogP contribution in [0.15, 0.2) is 53.2 Å². The van der Waals surface area contributed by atoms with Gasteiger partial charge in [-0.05, 0) is 35.0 Å². The van der Waals surface area contributed by atoms with Gasteiger partial charge in [-0.15, -0.1) is 22.7 Å². The predicted molar refractivity (Wildman–Crippen MR) is 86.7 cm³/mol. The minimum absolute atomic E-state index is 0.172. The molecule has 1 aliphatic rings. The van der Waals surface area contributed by atoms with Crippen LogP contribution in [0.25, 0.3) is 0 Å². The van der Waals surface area contributed by atoms with E-state index in [2.05, 4.69) is 40.3 Å². The molecule has 2 aromatic heterocycles. The van der Waals surface area contributed by atoms with Crippen molar-refractivity contribution in [3.05, 3.63) is 63.0 Å². The first-order chi connectivity index (χ1) is 10.4. The Morgan fingerprint density at radius 2 is 1.62 bits per heavy atom. The molecule has 0 saturated carbocycles. The lowest BCUT2D eigenvalue weighted by Gasteiger charge is -2.17. The standard InChI is InChI=1S/C16H13NO2S2/c1-3-14(20-7-1)16(15-4-2-8-21-15)17-11-5-6-12-13(9-11)19-10-18-12/h1-9,16-17H,10H2. The third-order valence-electron chi connectivity index (χ3n) is 3.34. The van der Waals surface area contributed by atoms with Crippen molar-refractivity contribution in [2.24, 2.45) is 0 Å². The summed E-state index contributed by atoms with van der Waals surface area (Å²) in [6, 6.07) is 14.6. The quantitative estimate of drug-likeness (QED) is 0.754. The Labute approximate surface area is 130 Å². The maximum atomic E-state index is 5.45. The second-order valence-corrected chi connectivity index (χ2v) is 6.63. The number of thiophene rings is 2. The monoisotopic (exact) mass is 315 g/mol. The van der Waals surface area contributed by atoms with Crippen molar-refractivity contribution in [2.45, 2.75) is 6.04 Å². The van der Waals surface area contributed by atoms with Crippen LogP contribution in [-0.4, -0.2) is 6.79 Å². The molecule has 21 heavy (non-hydrogen) atoms. The molecule has 1 aromatic carbocycles. The van der Waals surface area contributed by atoms with E-state index >= 15 is 0 Å².